The van der Waals surface area contributed by atoms with E-state index in [9.17, 15) is 9.59 Å². The third kappa shape index (κ3) is 4.14. The number of benzene rings is 3. The first kappa shape index (κ1) is 21.4. The van der Waals surface area contributed by atoms with E-state index in [-0.39, 0.29) is 18.4 Å². The number of ether oxygens (including phenoxy) is 1. The molecular formula is C27H26N2O3. The Morgan fingerprint density at radius 3 is 2.09 bits per heavy atom. The van der Waals surface area contributed by atoms with Gasteiger partial charge in [0, 0.05) is 18.7 Å². The Labute approximate surface area is 188 Å². The lowest BCUT2D eigenvalue weighted by Crippen LogP contribution is -2.34. The van der Waals surface area contributed by atoms with E-state index in [1.807, 2.05) is 96.8 Å². The number of amides is 2. The van der Waals surface area contributed by atoms with Gasteiger partial charge in [0.15, 0.2) is 0 Å². The van der Waals surface area contributed by atoms with Gasteiger partial charge in [-0.3, -0.25) is 14.5 Å². The summed E-state index contributed by atoms with van der Waals surface area (Å²) in [6, 6.07) is 26.9. The minimum Gasteiger partial charge on any atom is -0.496 e. The van der Waals surface area contributed by atoms with Crippen molar-refractivity contribution >= 4 is 17.4 Å². The highest BCUT2D eigenvalue weighted by Crippen LogP contribution is 2.34. The Balaban J connectivity index is 1.75. The first-order chi connectivity index (χ1) is 15.6. The van der Waals surface area contributed by atoms with Gasteiger partial charge < -0.3 is 9.64 Å². The van der Waals surface area contributed by atoms with Crippen molar-refractivity contribution in [1.29, 1.82) is 0 Å². The maximum Gasteiger partial charge on any atom is 0.278 e. The first-order valence-electron chi connectivity index (χ1n) is 10.7. The van der Waals surface area contributed by atoms with E-state index in [1.165, 1.54) is 4.90 Å². The summed E-state index contributed by atoms with van der Waals surface area (Å²) in [4.78, 5) is 30.6. The highest BCUT2D eigenvalue weighted by atomic mass is 16.5. The van der Waals surface area contributed by atoms with E-state index in [0.29, 0.717) is 30.1 Å². The van der Waals surface area contributed by atoms with E-state index in [4.69, 9.17) is 4.74 Å². The van der Waals surface area contributed by atoms with Crippen molar-refractivity contribution in [3.05, 3.63) is 107 Å². The van der Waals surface area contributed by atoms with Gasteiger partial charge in [0.1, 0.15) is 11.4 Å². The number of carbonyl (C=O) groups excluding carboxylic acids is 2. The van der Waals surface area contributed by atoms with Gasteiger partial charge in [-0.05, 0) is 24.1 Å². The van der Waals surface area contributed by atoms with Crippen molar-refractivity contribution in [3.63, 3.8) is 0 Å². The van der Waals surface area contributed by atoms with Crippen LogP contribution in [-0.4, -0.2) is 35.3 Å². The fourth-order valence-electron chi connectivity index (χ4n) is 4.02. The van der Waals surface area contributed by atoms with Crippen LogP contribution in [0.1, 0.15) is 23.6 Å². The number of imide groups is 1. The summed E-state index contributed by atoms with van der Waals surface area (Å²) in [6.07, 6.45) is 0. The third-order valence-corrected chi connectivity index (χ3v) is 5.64. The van der Waals surface area contributed by atoms with Crippen molar-refractivity contribution in [3.8, 4) is 5.75 Å². The number of rotatable bonds is 8. The standard InChI is InChI=1S/C27H26N2O3/c1-3-28(18-20-12-6-4-7-13-20)25-24(21-14-8-5-9-15-21)26(30)29(27(25)31)19-22-16-10-11-17-23(22)32-2/h4-17H,3,18-19H2,1-2H3. The molecule has 4 rings (SSSR count). The van der Waals surface area contributed by atoms with Crippen molar-refractivity contribution in [2.24, 2.45) is 0 Å². The highest BCUT2D eigenvalue weighted by molar-refractivity contribution is 6.35. The molecule has 3 aromatic rings. The summed E-state index contributed by atoms with van der Waals surface area (Å²) in [7, 11) is 1.59. The monoisotopic (exact) mass is 426 g/mol. The maximum absolute atomic E-state index is 13.7. The molecule has 0 atom stereocenters. The zero-order valence-corrected chi connectivity index (χ0v) is 18.3. The van der Waals surface area contributed by atoms with Gasteiger partial charge in [-0.15, -0.1) is 0 Å². The Bertz CT molecular complexity index is 1140. The number of carbonyl (C=O) groups is 2. The van der Waals surface area contributed by atoms with Crippen LogP contribution in [0.3, 0.4) is 0 Å². The van der Waals surface area contributed by atoms with E-state index < -0.39 is 0 Å². The molecule has 32 heavy (non-hydrogen) atoms. The van der Waals surface area contributed by atoms with Gasteiger partial charge in [-0.1, -0.05) is 78.9 Å². The van der Waals surface area contributed by atoms with Crippen LogP contribution < -0.4 is 4.74 Å². The zero-order valence-electron chi connectivity index (χ0n) is 18.3. The summed E-state index contributed by atoms with van der Waals surface area (Å²) in [5.74, 6) is 0.0885. The normalized spacial score (nSPS) is 13.6. The average Bonchev–Trinajstić information content (AvgIpc) is 3.08. The number of methoxy groups -OCH3 is 1. The lowest BCUT2D eigenvalue weighted by Gasteiger charge is -2.25. The van der Waals surface area contributed by atoms with Gasteiger partial charge in [-0.25, -0.2) is 0 Å². The SMILES string of the molecule is CCN(Cc1ccccc1)C1=C(c2ccccc2)C(=O)N(Cc2ccccc2OC)C1=O. The number of nitrogens with zero attached hydrogens (tertiary/aromatic N) is 2. The average molecular weight is 427 g/mol. The molecule has 0 N–H and O–H groups in total. The number of hydrogen-bond donors (Lipinski definition) is 0. The van der Waals surface area contributed by atoms with Crippen LogP contribution in [0.25, 0.3) is 5.57 Å². The van der Waals surface area contributed by atoms with Crippen LogP contribution in [-0.2, 0) is 22.7 Å². The fraction of sp³-hybridized carbons (Fsp3) is 0.185. The van der Waals surface area contributed by atoms with Gasteiger partial charge in [0.2, 0.25) is 0 Å². The minimum absolute atomic E-state index is 0.157. The first-order valence-corrected chi connectivity index (χ1v) is 10.7. The lowest BCUT2D eigenvalue weighted by molar-refractivity contribution is -0.138. The Morgan fingerprint density at radius 1 is 0.812 bits per heavy atom. The second-order valence-corrected chi connectivity index (χ2v) is 7.60. The number of hydrogen-bond acceptors (Lipinski definition) is 4. The second kappa shape index (κ2) is 9.52. The summed E-state index contributed by atoms with van der Waals surface area (Å²) < 4.78 is 5.44. The highest BCUT2D eigenvalue weighted by Gasteiger charge is 2.41. The molecule has 3 aromatic carbocycles. The molecule has 1 aliphatic heterocycles. The van der Waals surface area contributed by atoms with Crippen molar-refractivity contribution < 1.29 is 14.3 Å². The molecule has 0 bridgehead atoms. The Morgan fingerprint density at radius 2 is 1.44 bits per heavy atom. The molecule has 0 aliphatic carbocycles. The van der Waals surface area contributed by atoms with Gasteiger partial charge in [-0.2, -0.15) is 0 Å². The molecule has 0 fully saturated rings. The van der Waals surface area contributed by atoms with Crippen molar-refractivity contribution in [2.75, 3.05) is 13.7 Å². The summed E-state index contributed by atoms with van der Waals surface area (Å²) in [5.41, 5.74) is 3.51. The molecule has 2 amide bonds. The Kier molecular flexibility index (Phi) is 6.36. The van der Waals surface area contributed by atoms with E-state index in [0.717, 1.165) is 16.7 Å². The second-order valence-electron chi connectivity index (χ2n) is 7.60. The third-order valence-electron chi connectivity index (χ3n) is 5.64. The molecule has 162 valence electrons. The summed E-state index contributed by atoms with van der Waals surface area (Å²) in [5, 5.41) is 0. The smallest absolute Gasteiger partial charge is 0.278 e. The largest absolute Gasteiger partial charge is 0.496 e. The van der Waals surface area contributed by atoms with Crippen LogP contribution in [0, 0.1) is 0 Å². The van der Waals surface area contributed by atoms with Crippen molar-refractivity contribution in [2.45, 2.75) is 20.0 Å². The van der Waals surface area contributed by atoms with E-state index >= 15 is 0 Å². The van der Waals surface area contributed by atoms with Crippen LogP contribution >= 0.6 is 0 Å². The number of likely N-dealkylation sites (N-methyl/N-ethyl adjacent to an activating group) is 1. The Hall–Kier alpha value is -3.86. The molecular weight excluding hydrogens is 400 g/mol. The number of para-hydroxylation sites is 1. The molecule has 0 saturated carbocycles. The minimum atomic E-state index is -0.284. The van der Waals surface area contributed by atoms with Crippen LogP contribution in [0.5, 0.6) is 5.75 Å². The molecule has 5 heteroatoms. The molecule has 0 spiro atoms. The van der Waals surface area contributed by atoms with Gasteiger partial charge in [0.25, 0.3) is 11.8 Å². The topological polar surface area (TPSA) is 49.9 Å². The van der Waals surface area contributed by atoms with Gasteiger partial charge >= 0.3 is 0 Å². The predicted molar refractivity (Wildman–Crippen MR) is 124 cm³/mol. The maximum atomic E-state index is 13.7. The molecule has 0 saturated heterocycles. The van der Waals surface area contributed by atoms with Gasteiger partial charge in [0.05, 0.1) is 19.2 Å². The lowest BCUT2D eigenvalue weighted by atomic mass is 10.0. The molecule has 1 aliphatic rings. The van der Waals surface area contributed by atoms with Crippen LogP contribution in [0.15, 0.2) is 90.6 Å². The van der Waals surface area contributed by atoms with Crippen molar-refractivity contribution in [1.82, 2.24) is 9.80 Å². The van der Waals surface area contributed by atoms with Crippen LogP contribution in [0.4, 0.5) is 0 Å². The fourth-order valence-corrected chi connectivity index (χ4v) is 4.02. The zero-order chi connectivity index (χ0) is 22.5. The molecule has 5 nitrogen and oxygen atoms in total. The molecule has 1 heterocycles. The van der Waals surface area contributed by atoms with E-state index in [2.05, 4.69) is 0 Å². The quantitative estimate of drug-likeness (QED) is 0.498. The molecule has 0 aromatic heterocycles. The molecule has 0 unspecified atom stereocenters. The van der Waals surface area contributed by atoms with E-state index in [1.54, 1.807) is 7.11 Å². The van der Waals surface area contributed by atoms with Crippen LogP contribution in [0.2, 0.25) is 0 Å². The predicted octanol–water partition coefficient (Wildman–Crippen LogP) is 4.50. The summed E-state index contributed by atoms with van der Waals surface area (Å²) in [6.45, 7) is 3.30. The molecule has 0 radical (unpaired) electrons. The summed E-state index contributed by atoms with van der Waals surface area (Å²) >= 11 is 0.